The molecule has 1 unspecified atom stereocenters. The van der Waals surface area contributed by atoms with Crippen LogP contribution in [0.1, 0.15) is 44.2 Å². The third-order valence-corrected chi connectivity index (χ3v) is 3.97. The minimum Gasteiger partial charge on any atom is -0.396 e. The molecular weight excluding hydrogens is 448 g/mol. The fraction of sp³-hybridized carbons (Fsp3) is 0.632. The van der Waals surface area contributed by atoms with Crippen molar-refractivity contribution in [3.05, 3.63) is 35.1 Å². The van der Waals surface area contributed by atoms with Gasteiger partial charge in [0.15, 0.2) is 5.96 Å². The van der Waals surface area contributed by atoms with Crippen molar-refractivity contribution < 1.29 is 14.2 Å². The molecule has 1 rings (SSSR count). The van der Waals surface area contributed by atoms with Crippen LogP contribution in [0, 0.1) is 11.7 Å². The number of nitrogens with zero attached hydrogens (tertiary/aromatic N) is 1. The Morgan fingerprint density at radius 3 is 2.65 bits per heavy atom. The molecule has 0 aliphatic rings. The molecule has 0 aromatic heterocycles. The average molecular weight is 481 g/mol. The Hall–Kier alpha value is -0.930. The van der Waals surface area contributed by atoms with E-state index in [2.05, 4.69) is 22.5 Å². The lowest BCUT2D eigenvalue weighted by atomic mass is 10.0. The van der Waals surface area contributed by atoms with Crippen LogP contribution in [-0.4, -0.2) is 37.9 Å². The van der Waals surface area contributed by atoms with Crippen LogP contribution >= 0.6 is 24.0 Å². The van der Waals surface area contributed by atoms with Gasteiger partial charge in [-0.15, -0.1) is 24.0 Å². The molecule has 3 N–H and O–H groups in total. The molecular formula is C19H33FIN3O2. The number of halogens is 2. The molecule has 1 aromatic carbocycles. The molecule has 7 heteroatoms. The molecule has 0 heterocycles. The zero-order chi connectivity index (χ0) is 18.5. The Morgan fingerprint density at radius 2 is 2.04 bits per heavy atom. The van der Waals surface area contributed by atoms with E-state index in [1.54, 1.807) is 19.2 Å². The molecule has 0 saturated heterocycles. The van der Waals surface area contributed by atoms with Gasteiger partial charge in [-0.3, -0.25) is 0 Å². The first kappa shape index (κ1) is 25.1. The van der Waals surface area contributed by atoms with Gasteiger partial charge in [-0.25, -0.2) is 9.38 Å². The summed E-state index contributed by atoms with van der Waals surface area (Å²) in [4.78, 5) is 4.58. The largest absolute Gasteiger partial charge is 0.396 e. The number of hydrogen-bond acceptors (Lipinski definition) is 3. The molecule has 0 spiro atoms. The number of hydrogen-bond donors (Lipinski definition) is 3. The molecule has 0 radical (unpaired) electrons. The van der Waals surface area contributed by atoms with Gasteiger partial charge < -0.3 is 20.5 Å². The first-order valence-corrected chi connectivity index (χ1v) is 9.03. The second kappa shape index (κ2) is 15.2. The van der Waals surface area contributed by atoms with Crippen LogP contribution in [0.4, 0.5) is 4.39 Å². The molecule has 26 heavy (non-hydrogen) atoms. The summed E-state index contributed by atoms with van der Waals surface area (Å²) in [6, 6.07) is 4.99. The Balaban J connectivity index is 0.00000625. The van der Waals surface area contributed by atoms with Crippen molar-refractivity contribution in [2.75, 3.05) is 26.8 Å². The topological polar surface area (TPSA) is 65.9 Å². The number of methoxy groups -OCH3 is 1. The number of aliphatic imine (C=N–C) groups is 1. The summed E-state index contributed by atoms with van der Waals surface area (Å²) in [5, 5.41) is 15.7. The third-order valence-electron chi connectivity index (χ3n) is 3.97. The first-order chi connectivity index (χ1) is 12.1. The lowest BCUT2D eigenvalue weighted by Gasteiger charge is -2.18. The number of rotatable bonds is 11. The van der Waals surface area contributed by atoms with Crippen LogP contribution in [0.25, 0.3) is 0 Å². The van der Waals surface area contributed by atoms with E-state index in [9.17, 15) is 4.39 Å². The Labute approximate surface area is 173 Å². The Morgan fingerprint density at radius 1 is 1.27 bits per heavy atom. The van der Waals surface area contributed by atoms with E-state index in [1.807, 2.05) is 6.92 Å². The van der Waals surface area contributed by atoms with E-state index in [1.165, 1.54) is 6.07 Å². The number of guanidine groups is 1. The van der Waals surface area contributed by atoms with Crippen LogP contribution in [0.2, 0.25) is 0 Å². The highest BCUT2D eigenvalue weighted by atomic mass is 127. The normalized spacial score (nSPS) is 12.4. The molecule has 0 saturated carbocycles. The van der Waals surface area contributed by atoms with E-state index in [-0.39, 0.29) is 43.0 Å². The minimum absolute atomic E-state index is 0. The SMILES string of the molecule is CCCC(CCO)CNC(=NCc1ccc(F)c(COC)c1)NCC.I. The Kier molecular flexibility index (Phi) is 14.6. The van der Waals surface area contributed by atoms with E-state index in [0.29, 0.717) is 18.0 Å². The standard InChI is InChI=1S/C19H32FN3O2.HI/c1-4-6-15(9-10-24)12-22-19(21-5-2)23-13-16-7-8-18(20)17(11-16)14-25-3;/h7-8,11,15,24H,4-6,9-10,12-14H2,1-3H3,(H2,21,22,23);1H. The van der Waals surface area contributed by atoms with E-state index < -0.39 is 0 Å². The zero-order valence-electron chi connectivity index (χ0n) is 16.1. The van der Waals surface area contributed by atoms with Gasteiger partial charge >= 0.3 is 0 Å². The smallest absolute Gasteiger partial charge is 0.191 e. The summed E-state index contributed by atoms with van der Waals surface area (Å²) in [7, 11) is 1.55. The maximum Gasteiger partial charge on any atom is 0.191 e. The van der Waals surface area contributed by atoms with Crippen molar-refractivity contribution in [1.29, 1.82) is 0 Å². The average Bonchev–Trinajstić information content (AvgIpc) is 2.60. The van der Waals surface area contributed by atoms with Gasteiger partial charge in [-0.05, 0) is 43.4 Å². The van der Waals surface area contributed by atoms with Crippen molar-refractivity contribution in [3.63, 3.8) is 0 Å². The highest BCUT2D eigenvalue weighted by Crippen LogP contribution is 2.13. The number of nitrogens with one attached hydrogen (secondary N) is 2. The van der Waals surface area contributed by atoms with Crippen LogP contribution in [0.15, 0.2) is 23.2 Å². The number of benzene rings is 1. The van der Waals surface area contributed by atoms with E-state index >= 15 is 0 Å². The molecule has 1 aromatic rings. The van der Waals surface area contributed by atoms with E-state index in [4.69, 9.17) is 9.84 Å². The fourth-order valence-corrected chi connectivity index (χ4v) is 2.68. The maximum atomic E-state index is 13.7. The lowest BCUT2D eigenvalue weighted by Crippen LogP contribution is -2.40. The first-order valence-electron chi connectivity index (χ1n) is 9.03. The molecule has 150 valence electrons. The van der Waals surface area contributed by atoms with Crippen molar-refractivity contribution >= 4 is 29.9 Å². The summed E-state index contributed by atoms with van der Waals surface area (Å²) in [5.74, 6) is 0.906. The summed E-state index contributed by atoms with van der Waals surface area (Å²) < 4.78 is 18.7. The van der Waals surface area contributed by atoms with Crippen molar-refractivity contribution in [2.45, 2.75) is 46.3 Å². The molecule has 5 nitrogen and oxygen atoms in total. The highest BCUT2D eigenvalue weighted by molar-refractivity contribution is 14.0. The van der Waals surface area contributed by atoms with Gasteiger partial charge in [0.05, 0.1) is 13.2 Å². The fourth-order valence-electron chi connectivity index (χ4n) is 2.68. The predicted octanol–water partition coefficient (Wildman–Crippen LogP) is 3.44. The summed E-state index contributed by atoms with van der Waals surface area (Å²) >= 11 is 0. The zero-order valence-corrected chi connectivity index (χ0v) is 18.4. The predicted molar refractivity (Wildman–Crippen MR) is 115 cm³/mol. The maximum absolute atomic E-state index is 13.7. The number of aliphatic hydroxyl groups is 1. The van der Waals surface area contributed by atoms with Gasteiger partial charge in [0.1, 0.15) is 5.82 Å². The van der Waals surface area contributed by atoms with Crippen molar-refractivity contribution in [1.82, 2.24) is 10.6 Å². The van der Waals surface area contributed by atoms with Gasteiger partial charge in [-0.1, -0.05) is 19.4 Å². The van der Waals surface area contributed by atoms with Gasteiger partial charge in [-0.2, -0.15) is 0 Å². The van der Waals surface area contributed by atoms with Crippen LogP contribution < -0.4 is 10.6 Å². The van der Waals surface area contributed by atoms with E-state index in [0.717, 1.165) is 43.9 Å². The Bertz CT molecular complexity index is 524. The number of ether oxygens (including phenoxy) is 1. The molecule has 1 atom stereocenters. The molecule has 0 fully saturated rings. The molecule has 0 bridgehead atoms. The highest BCUT2D eigenvalue weighted by Gasteiger charge is 2.08. The quantitative estimate of drug-likeness (QED) is 0.258. The minimum atomic E-state index is -0.258. The van der Waals surface area contributed by atoms with Crippen LogP contribution in [0.3, 0.4) is 0 Å². The molecule has 0 amide bonds. The summed E-state index contributed by atoms with van der Waals surface area (Å²) in [6.45, 7) is 6.63. The molecule has 0 aliphatic heterocycles. The lowest BCUT2D eigenvalue weighted by molar-refractivity contribution is 0.181. The van der Waals surface area contributed by atoms with Gasteiger partial charge in [0, 0.05) is 32.4 Å². The summed E-state index contributed by atoms with van der Waals surface area (Å²) in [5.41, 5.74) is 1.48. The number of aliphatic hydroxyl groups excluding tert-OH is 1. The molecule has 0 aliphatic carbocycles. The second-order valence-electron chi connectivity index (χ2n) is 6.10. The van der Waals surface area contributed by atoms with Gasteiger partial charge in [0.2, 0.25) is 0 Å². The van der Waals surface area contributed by atoms with Gasteiger partial charge in [0.25, 0.3) is 0 Å². The van der Waals surface area contributed by atoms with Crippen molar-refractivity contribution in [2.24, 2.45) is 10.9 Å². The summed E-state index contributed by atoms with van der Waals surface area (Å²) in [6.07, 6.45) is 2.96. The second-order valence-corrected chi connectivity index (χ2v) is 6.10. The third kappa shape index (κ3) is 9.68. The van der Waals surface area contributed by atoms with Crippen LogP contribution in [0.5, 0.6) is 0 Å². The van der Waals surface area contributed by atoms with Crippen molar-refractivity contribution in [3.8, 4) is 0 Å². The van der Waals surface area contributed by atoms with Crippen LogP contribution in [-0.2, 0) is 17.9 Å². The monoisotopic (exact) mass is 481 g/mol.